The zero-order valence-electron chi connectivity index (χ0n) is 5.59. The first-order valence-electron chi connectivity index (χ1n) is 3.38. The van der Waals surface area contributed by atoms with Crippen molar-refractivity contribution in [2.75, 3.05) is 18.8 Å². The monoisotopic (exact) mass is 138 g/mol. The van der Waals surface area contributed by atoms with Gasteiger partial charge in [0.25, 0.3) is 0 Å². The predicted octanol–water partition coefficient (Wildman–Crippen LogP) is -0.321. The zero-order chi connectivity index (χ0) is 6.97. The summed E-state index contributed by atoms with van der Waals surface area (Å²) in [4.78, 5) is 0. The lowest BCUT2D eigenvalue weighted by Gasteiger charge is -2.25. The van der Waals surface area contributed by atoms with Crippen molar-refractivity contribution in [1.82, 2.24) is 15.5 Å². The maximum atomic E-state index is 5.43. The van der Waals surface area contributed by atoms with Crippen molar-refractivity contribution >= 4 is 5.82 Å². The number of nitrogens with two attached hydrogens (primary N) is 1. The lowest BCUT2D eigenvalue weighted by Crippen LogP contribution is -2.40. The van der Waals surface area contributed by atoms with Crippen LogP contribution in [0.4, 0.5) is 5.82 Å². The van der Waals surface area contributed by atoms with Crippen LogP contribution in [-0.4, -0.2) is 23.3 Å². The van der Waals surface area contributed by atoms with Gasteiger partial charge in [-0.2, -0.15) is 5.10 Å². The quantitative estimate of drug-likeness (QED) is 0.498. The molecule has 0 saturated carbocycles. The van der Waals surface area contributed by atoms with E-state index in [0.717, 1.165) is 18.8 Å². The minimum absolute atomic E-state index is 0.585. The van der Waals surface area contributed by atoms with E-state index in [9.17, 15) is 0 Å². The minimum atomic E-state index is 0.585. The molecule has 0 aromatic carbocycles. The molecule has 4 nitrogen and oxygen atoms in total. The molecule has 0 radical (unpaired) electrons. The zero-order valence-corrected chi connectivity index (χ0v) is 5.59. The second kappa shape index (κ2) is 1.98. The molecule has 10 heavy (non-hydrogen) atoms. The van der Waals surface area contributed by atoms with Gasteiger partial charge in [-0.25, -0.2) is 0 Å². The van der Waals surface area contributed by atoms with Gasteiger partial charge in [0.1, 0.15) is 5.82 Å². The smallest absolute Gasteiger partial charge is 0.145 e. The lowest BCUT2D eigenvalue weighted by molar-refractivity contribution is 0.439. The van der Waals surface area contributed by atoms with Crippen LogP contribution < -0.4 is 11.1 Å². The largest absolute Gasteiger partial charge is 0.382 e. The van der Waals surface area contributed by atoms with Crippen LogP contribution in [0.25, 0.3) is 0 Å². The van der Waals surface area contributed by atoms with E-state index in [-0.39, 0.29) is 0 Å². The number of H-pyrrole nitrogens is 1. The fraction of sp³-hybridized carbons (Fsp3) is 0.500. The molecule has 1 aliphatic rings. The van der Waals surface area contributed by atoms with Crippen molar-refractivity contribution in [3.05, 3.63) is 11.8 Å². The Morgan fingerprint density at radius 2 is 2.40 bits per heavy atom. The van der Waals surface area contributed by atoms with E-state index in [1.54, 1.807) is 0 Å². The number of nitrogen functional groups attached to an aromatic ring is 1. The number of hydrogen-bond donors (Lipinski definition) is 3. The fourth-order valence-corrected chi connectivity index (χ4v) is 1.07. The van der Waals surface area contributed by atoms with Crippen molar-refractivity contribution in [1.29, 1.82) is 0 Å². The Bertz CT molecular complexity index is 225. The molecule has 2 rings (SSSR count). The number of nitrogens with zero attached hydrogens (tertiary/aromatic N) is 1. The molecule has 1 aliphatic heterocycles. The Morgan fingerprint density at radius 1 is 1.60 bits per heavy atom. The molecule has 0 aliphatic carbocycles. The Kier molecular flexibility index (Phi) is 1.14. The Balaban J connectivity index is 2.17. The highest BCUT2D eigenvalue weighted by molar-refractivity contribution is 5.31. The average molecular weight is 138 g/mol. The third-order valence-electron chi connectivity index (χ3n) is 1.84. The van der Waals surface area contributed by atoms with Gasteiger partial charge in [-0.3, -0.25) is 5.10 Å². The second-order valence-electron chi connectivity index (χ2n) is 2.60. The molecule has 1 fully saturated rings. The first kappa shape index (κ1) is 5.73. The molecule has 0 unspecified atom stereocenters. The molecule has 4 heteroatoms. The van der Waals surface area contributed by atoms with E-state index in [1.165, 1.54) is 0 Å². The molecular formula is C6H10N4. The van der Waals surface area contributed by atoms with Crippen molar-refractivity contribution < 1.29 is 0 Å². The van der Waals surface area contributed by atoms with Crippen molar-refractivity contribution in [2.45, 2.75) is 5.92 Å². The van der Waals surface area contributed by atoms with E-state index < -0.39 is 0 Å². The molecule has 4 N–H and O–H groups in total. The molecule has 0 amide bonds. The summed E-state index contributed by atoms with van der Waals surface area (Å²) >= 11 is 0. The summed E-state index contributed by atoms with van der Waals surface area (Å²) in [6.07, 6.45) is 0. The number of aromatic amines is 1. The molecule has 1 saturated heterocycles. The molecule has 2 heterocycles. The lowest BCUT2D eigenvalue weighted by atomic mass is 10.00. The highest BCUT2D eigenvalue weighted by Gasteiger charge is 2.20. The maximum absolute atomic E-state index is 5.43. The summed E-state index contributed by atoms with van der Waals surface area (Å²) in [6.45, 7) is 2.09. The molecule has 0 bridgehead atoms. The third-order valence-corrected chi connectivity index (χ3v) is 1.84. The van der Waals surface area contributed by atoms with E-state index in [2.05, 4.69) is 15.5 Å². The van der Waals surface area contributed by atoms with E-state index in [1.807, 2.05) is 6.07 Å². The molecule has 54 valence electrons. The SMILES string of the molecule is Nc1cc(C2CNC2)[nH]n1. The van der Waals surface area contributed by atoms with Crippen molar-refractivity contribution in [2.24, 2.45) is 0 Å². The van der Waals surface area contributed by atoms with Crippen LogP contribution in [0.5, 0.6) is 0 Å². The summed E-state index contributed by atoms with van der Waals surface area (Å²) in [5.41, 5.74) is 6.58. The summed E-state index contributed by atoms with van der Waals surface area (Å²) in [7, 11) is 0. The van der Waals surface area contributed by atoms with Crippen LogP contribution >= 0.6 is 0 Å². The predicted molar refractivity (Wildman–Crippen MR) is 38.6 cm³/mol. The normalized spacial score (nSPS) is 18.8. The van der Waals surface area contributed by atoms with Crippen LogP contribution in [0.1, 0.15) is 11.6 Å². The topological polar surface area (TPSA) is 66.7 Å². The van der Waals surface area contributed by atoms with Crippen molar-refractivity contribution in [3.8, 4) is 0 Å². The first-order chi connectivity index (χ1) is 4.86. The van der Waals surface area contributed by atoms with Crippen LogP contribution in [-0.2, 0) is 0 Å². The second-order valence-corrected chi connectivity index (χ2v) is 2.60. The molecule has 1 aromatic heterocycles. The molecule has 0 spiro atoms. The number of hydrogen-bond acceptors (Lipinski definition) is 3. The standard InChI is InChI=1S/C6H10N4/c7-6-1-5(9-10-6)4-2-8-3-4/h1,4,8H,2-3H2,(H3,7,9,10). The Labute approximate surface area is 58.8 Å². The van der Waals surface area contributed by atoms with E-state index >= 15 is 0 Å². The van der Waals surface area contributed by atoms with E-state index in [4.69, 9.17) is 5.73 Å². The summed E-state index contributed by atoms with van der Waals surface area (Å²) < 4.78 is 0. The summed E-state index contributed by atoms with van der Waals surface area (Å²) in [6, 6.07) is 1.89. The third kappa shape index (κ3) is 0.769. The molecule has 1 aromatic rings. The number of anilines is 1. The number of rotatable bonds is 1. The van der Waals surface area contributed by atoms with Gasteiger partial charge in [-0.15, -0.1) is 0 Å². The van der Waals surface area contributed by atoms with Gasteiger partial charge in [0.05, 0.1) is 0 Å². The van der Waals surface area contributed by atoms with Crippen molar-refractivity contribution in [3.63, 3.8) is 0 Å². The maximum Gasteiger partial charge on any atom is 0.145 e. The Morgan fingerprint density at radius 3 is 2.80 bits per heavy atom. The fourth-order valence-electron chi connectivity index (χ4n) is 1.07. The van der Waals surface area contributed by atoms with Gasteiger partial charge in [0.15, 0.2) is 0 Å². The van der Waals surface area contributed by atoms with Crippen LogP contribution in [0.3, 0.4) is 0 Å². The Hall–Kier alpha value is -1.03. The average Bonchev–Trinajstić information content (AvgIpc) is 2.10. The first-order valence-corrected chi connectivity index (χ1v) is 3.38. The van der Waals surface area contributed by atoms with Crippen LogP contribution in [0.15, 0.2) is 6.07 Å². The van der Waals surface area contributed by atoms with Gasteiger partial charge in [-0.1, -0.05) is 0 Å². The minimum Gasteiger partial charge on any atom is -0.382 e. The molecule has 0 atom stereocenters. The molecular weight excluding hydrogens is 128 g/mol. The van der Waals surface area contributed by atoms with Crippen LogP contribution in [0.2, 0.25) is 0 Å². The summed E-state index contributed by atoms with van der Waals surface area (Å²) in [5.74, 6) is 1.19. The van der Waals surface area contributed by atoms with Gasteiger partial charge in [-0.05, 0) is 0 Å². The number of aromatic nitrogens is 2. The number of nitrogens with one attached hydrogen (secondary N) is 2. The van der Waals surface area contributed by atoms with Gasteiger partial charge in [0, 0.05) is 30.8 Å². The summed E-state index contributed by atoms with van der Waals surface area (Å²) in [5, 5.41) is 9.92. The van der Waals surface area contributed by atoms with E-state index in [0.29, 0.717) is 11.7 Å². The van der Waals surface area contributed by atoms with Gasteiger partial charge >= 0.3 is 0 Å². The highest BCUT2D eigenvalue weighted by atomic mass is 15.2. The van der Waals surface area contributed by atoms with Crippen LogP contribution in [0, 0.1) is 0 Å². The highest BCUT2D eigenvalue weighted by Crippen LogP contribution is 2.18. The van der Waals surface area contributed by atoms with Gasteiger partial charge in [0.2, 0.25) is 0 Å². The van der Waals surface area contributed by atoms with Gasteiger partial charge < -0.3 is 11.1 Å².